The zero-order valence-electron chi connectivity index (χ0n) is 20.6. The zero-order chi connectivity index (χ0) is 26.4. The van der Waals surface area contributed by atoms with Crippen molar-refractivity contribution >= 4 is 40.0 Å². The first kappa shape index (κ1) is 26.1. The second-order valence-corrected chi connectivity index (χ2v) is 9.91. The second-order valence-electron chi connectivity index (χ2n) is 7.79. The van der Waals surface area contributed by atoms with Crippen molar-refractivity contribution in [3.63, 3.8) is 0 Å². The Morgan fingerprint density at radius 2 is 1.81 bits per heavy atom. The van der Waals surface area contributed by atoms with Crippen molar-refractivity contribution in [3.05, 3.63) is 64.4 Å². The highest BCUT2D eigenvalue weighted by molar-refractivity contribution is 7.99. The van der Waals surface area contributed by atoms with Gasteiger partial charge in [0.05, 0.1) is 26.5 Å². The largest absolute Gasteiger partial charge is 0.493 e. The third kappa shape index (κ3) is 6.43. The topological polar surface area (TPSA) is 133 Å². The molecule has 13 heteroatoms. The van der Waals surface area contributed by atoms with Crippen LogP contribution in [0.5, 0.6) is 11.5 Å². The molecule has 11 nitrogen and oxygen atoms in total. The molecule has 0 atom stereocenters. The Morgan fingerprint density at radius 1 is 1.00 bits per heavy atom. The minimum Gasteiger partial charge on any atom is -0.493 e. The molecule has 0 saturated heterocycles. The van der Waals surface area contributed by atoms with Gasteiger partial charge in [-0.05, 0) is 49.7 Å². The Morgan fingerprint density at radius 3 is 2.51 bits per heavy atom. The maximum absolute atomic E-state index is 12.9. The van der Waals surface area contributed by atoms with Gasteiger partial charge in [-0.15, -0.1) is 20.4 Å². The van der Waals surface area contributed by atoms with Crippen LogP contribution < -0.4 is 20.1 Å². The summed E-state index contributed by atoms with van der Waals surface area (Å²) in [4.78, 5) is 25.3. The normalized spacial score (nSPS) is 10.7. The SMILES string of the molecule is COc1ccc(C(=O)NCc2nnc(SCC(=O)Nc3nnc(C)s3)n2-c2cccc(C)c2)cc1OC. The molecule has 0 aliphatic carbocycles. The summed E-state index contributed by atoms with van der Waals surface area (Å²) in [5.74, 6) is 1.07. The smallest absolute Gasteiger partial charge is 0.251 e. The number of anilines is 1. The average Bonchev–Trinajstić information content (AvgIpc) is 3.50. The third-order valence-electron chi connectivity index (χ3n) is 5.12. The summed E-state index contributed by atoms with van der Waals surface area (Å²) >= 11 is 2.54. The number of carbonyl (C=O) groups excluding carboxylic acids is 2. The zero-order valence-corrected chi connectivity index (χ0v) is 22.3. The number of hydrogen-bond donors (Lipinski definition) is 2. The van der Waals surface area contributed by atoms with E-state index in [-0.39, 0.29) is 24.1 Å². The number of ether oxygens (including phenoxy) is 2. The predicted molar refractivity (Wildman–Crippen MR) is 141 cm³/mol. The monoisotopic (exact) mass is 539 g/mol. The molecule has 4 rings (SSSR count). The van der Waals surface area contributed by atoms with Crippen LogP contribution in [0.15, 0.2) is 47.6 Å². The summed E-state index contributed by atoms with van der Waals surface area (Å²) in [6.07, 6.45) is 0. The molecule has 0 fully saturated rings. The fourth-order valence-electron chi connectivity index (χ4n) is 3.41. The molecule has 0 aliphatic rings. The molecule has 2 aromatic carbocycles. The summed E-state index contributed by atoms with van der Waals surface area (Å²) < 4.78 is 12.4. The van der Waals surface area contributed by atoms with E-state index in [0.717, 1.165) is 16.3 Å². The van der Waals surface area contributed by atoms with E-state index >= 15 is 0 Å². The highest BCUT2D eigenvalue weighted by Gasteiger charge is 2.18. The summed E-state index contributed by atoms with van der Waals surface area (Å²) in [7, 11) is 3.05. The Balaban J connectivity index is 1.51. The summed E-state index contributed by atoms with van der Waals surface area (Å²) in [5, 5.41) is 23.7. The van der Waals surface area contributed by atoms with Crippen LogP contribution in [0.4, 0.5) is 5.13 Å². The van der Waals surface area contributed by atoms with Crippen LogP contribution in [-0.2, 0) is 11.3 Å². The molecule has 2 aromatic heterocycles. The number of benzene rings is 2. The molecular formula is C24H25N7O4S2. The number of nitrogens with zero attached hydrogens (tertiary/aromatic N) is 5. The first-order valence-electron chi connectivity index (χ1n) is 11.1. The maximum Gasteiger partial charge on any atom is 0.251 e. The van der Waals surface area contributed by atoms with Gasteiger partial charge in [0.2, 0.25) is 11.0 Å². The number of aryl methyl sites for hydroxylation is 2. The lowest BCUT2D eigenvalue weighted by atomic mass is 10.2. The van der Waals surface area contributed by atoms with Crippen LogP contribution in [0.3, 0.4) is 0 Å². The number of amides is 2. The van der Waals surface area contributed by atoms with E-state index in [9.17, 15) is 9.59 Å². The Bertz CT molecular complexity index is 1420. The molecule has 192 valence electrons. The van der Waals surface area contributed by atoms with Crippen LogP contribution in [0.25, 0.3) is 5.69 Å². The maximum atomic E-state index is 12.9. The van der Waals surface area contributed by atoms with E-state index in [1.807, 2.05) is 42.7 Å². The summed E-state index contributed by atoms with van der Waals surface area (Å²) in [6.45, 7) is 3.92. The van der Waals surface area contributed by atoms with Gasteiger partial charge < -0.3 is 14.8 Å². The standard InChI is InChI=1S/C24H25N7O4S2/c1-14-6-5-7-17(10-14)31-20(12-25-22(33)16-8-9-18(34-3)19(11-16)35-4)28-30-24(31)36-13-21(32)26-23-29-27-15(2)37-23/h5-11H,12-13H2,1-4H3,(H,25,33)(H,26,29,32). The van der Waals surface area contributed by atoms with Gasteiger partial charge >= 0.3 is 0 Å². The predicted octanol–water partition coefficient (Wildman–Crippen LogP) is 3.41. The van der Waals surface area contributed by atoms with Crippen molar-refractivity contribution in [3.8, 4) is 17.2 Å². The van der Waals surface area contributed by atoms with Crippen molar-refractivity contribution in [2.75, 3.05) is 25.3 Å². The Labute approximate surface area is 221 Å². The van der Waals surface area contributed by atoms with Crippen molar-refractivity contribution in [2.45, 2.75) is 25.5 Å². The van der Waals surface area contributed by atoms with Gasteiger partial charge in [0.1, 0.15) is 5.01 Å². The highest BCUT2D eigenvalue weighted by Crippen LogP contribution is 2.28. The number of nitrogens with one attached hydrogen (secondary N) is 2. The first-order valence-corrected chi connectivity index (χ1v) is 12.9. The molecule has 0 radical (unpaired) electrons. The van der Waals surface area contributed by atoms with E-state index < -0.39 is 0 Å². The molecular weight excluding hydrogens is 514 g/mol. The molecule has 4 aromatic rings. The second kappa shape index (κ2) is 11.8. The quantitative estimate of drug-likeness (QED) is 0.291. The Hall–Kier alpha value is -3.97. The molecule has 0 spiro atoms. The van der Waals surface area contributed by atoms with Crippen LogP contribution in [0, 0.1) is 13.8 Å². The number of hydrogen-bond acceptors (Lipinski definition) is 10. The lowest BCUT2D eigenvalue weighted by Crippen LogP contribution is -2.24. The van der Waals surface area contributed by atoms with Crippen LogP contribution >= 0.6 is 23.1 Å². The number of rotatable bonds is 10. The third-order valence-corrected chi connectivity index (χ3v) is 6.80. The van der Waals surface area contributed by atoms with Gasteiger partial charge in [0.15, 0.2) is 22.5 Å². The van der Waals surface area contributed by atoms with Crippen LogP contribution in [-0.4, -0.2) is 56.7 Å². The van der Waals surface area contributed by atoms with Crippen LogP contribution in [0.2, 0.25) is 0 Å². The molecule has 2 N–H and O–H groups in total. The van der Waals surface area contributed by atoms with Gasteiger partial charge in [-0.2, -0.15) is 0 Å². The van der Waals surface area contributed by atoms with Gasteiger partial charge in [0.25, 0.3) is 5.91 Å². The number of aromatic nitrogens is 5. The molecule has 2 amide bonds. The molecule has 0 saturated carbocycles. The fraction of sp³-hybridized carbons (Fsp3) is 0.250. The van der Waals surface area contributed by atoms with Gasteiger partial charge in [-0.25, -0.2) is 0 Å². The van der Waals surface area contributed by atoms with Gasteiger partial charge in [-0.3, -0.25) is 19.5 Å². The van der Waals surface area contributed by atoms with E-state index in [2.05, 4.69) is 31.0 Å². The molecule has 37 heavy (non-hydrogen) atoms. The Kier molecular flexibility index (Phi) is 8.36. The van der Waals surface area contributed by atoms with E-state index in [1.165, 1.54) is 37.3 Å². The minimum absolute atomic E-state index is 0.0978. The van der Waals surface area contributed by atoms with Crippen molar-refractivity contribution in [1.29, 1.82) is 0 Å². The van der Waals surface area contributed by atoms with Gasteiger partial charge in [0, 0.05) is 11.3 Å². The van der Waals surface area contributed by atoms with Crippen molar-refractivity contribution in [1.82, 2.24) is 30.3 Å². The van der Waals surface area contributed by atoms with E-state index in [0.29, 0.717) is 33.2 Å². The van der Waals surface area contributed by atoms with Gasteiger partial charge in [-0.1, -0.05) is 35.2 Å². The van der Waals surface area contributed by atoms with E-state index in [4.69, 9.17) is 9.47 Å². The van der Waals surface area contributed by atoms with Crippen LogP contribution in [0.1, 0.15) is 26.8 Å². The summed E-state index contributed by atoms with van der Waals surface area (Å²) in [6, 6.07) is 12.7. The molecule has 2 heterocycles. The van der Waals surface area contributed by atoms with Crippen molar-refractivity contribution in [2.24, 2.45) is 0 Å². The lowest BCUT2D eigenvalue weighted by molar-refractivity contribution is -0.113. The molecule has 0 unspecified atom stereocenters. The minimum atomic E-state index is -0.305. The van der Waals surface area contributed by atoms with E-state index in [1.54, 1.807) is 18.2 Å². The highest BCUT2D eigenvalue weighted by atomic mass is 32.2. The molecule has 0 aliphatic heterocycles. The number of carbonyl (C=O) groups is 2. The van der Waals surface area contributed by atoms with Crippen molar-refractivity contribution < 1.29 is 19.1 Å². The molecule has 0 bridgehead atoms. The average molecular weight is 540 g/mol. The lowest BCUT2D eigenvalue weighted by Gasteiger charge is -2.12. The fourth-order valence-corrected chi connectivity index (χ4v) is 4.78. The number of methoxy groups -OCH3 is 2. The first-order chi connectivity index (χ1) is 17.9. The number of thioether (sulfide) groups is 1. The summed E-state index contributed by atoms with van der Waals surface area (Å²) in [5.41, 5.74) is 2.28.